The van der Waals surface area contributed by atoms with Gasteiger partial charge in [-0.25, -0.2) is 0 Å². The van der Waals surface area contributed by atoms with E-state index >= 15 is 0 Å². The van der Waals surface area contributed by atoms with Crippen molar-refractivity contribution in [2.24, 2.45) is 11.8 Å². The van der Waals surface area contributed by atoms with E-state index < -0.39 is 0 Å². The first-order chi connectivity index (χ1) is 6.18. The largest absolute Gasteiger partial charge is 0.462 e. The smallest absolute Gasteiger partial charge is 0.302 e. The molecule has 1 N–H and O–H groups in total. The van der Waals surface area contributed by atoms with Crippen molar-refractivity contribution in [2.45, 2.75) is 44.8 Å². The predicted octanol–water partition coefficient (Wildman–Crippen LogP) is 1.10. The maximum Gasteiger partial charge on any atom is 0.302 e. The van der Waals surface area contributed by atoms with Gasteiger partial charge in [-0.1, -0.05) is 0 Å². The van der Waals surface area contributed by atoms with E-state index in [1.165, 1.54) is 6.92 Å². The Bertz CT molecular complexity index is 214. The second-order valence-electron chi connectivity index (χ2n) is 4.21. The fraction of sp³-hybridized carbons (Fsp3) is 0.900. The van der Waals surface area contributed by atoms with Crippen LogP contribution >= 0.6 is 0 Å². The Morgan fingerprint density at radius 2 is 2.15 bits per heavy atom. The van der Waals surface area contributed by atoms with Crippen molar-refractivity contribution in [2.75, 3.05) is 0 Å². The molecule has 0 bridgehead atoms. The van der Waals surface area contributed by atoms with Crippen molar-refractivity contribution < 1.29 is 14.6 Å². The Balaban J connectivity index is 1.94. The third kappa shape index (κ3) is 1.85. The minimum Gasteiger partial charge on any atom is -0.462 e. The van der Waals surface area contributed by atoms with Crippen molar-refractivity contribution in [3.05, 3.63) is 0 Å². The van der Waals surface area contributed by atoms with Gasteiger partial charge in [0.1, 0.15) is 6.10 Å². The van der Waals surface area contributed by atoms with Crippen LogP contribution in [0.1, 0.15) is 32.6 Å². The van der Waals surface area contributed by atoms with Gasteiger partial charge in [-0.3, -0.25) is 4.79 Å². The Morgan fingerprint density at radius 1 is 1.38 bits per heavy atom. The molecule has 3 nitrogen and oxygen atoms in total. The fourth-order valence-electron chi connectivity index (χ4n) is 2.42. The molecule has 0 aromatic rings. The molecule has 4 unspecified atom stereocenters. The van der Waals surface area contributed by atoms with Gasteiger partial charge in [0.05, 0.1) is 6.10 Å². The van der Waals surface area contributed by atoms with Gasteiger partial charge in [-0.05, 0) is 31.6 Å². The molecule has 0 aromatic carbocycles. The number of aliphatic hydroxyl groups excluding tert-OH is 1. The lowest BCUT2D eigenvalue weighted by atomic mass is 10.1. The van der Waals surface area contributed by atoms with Crippen LogP contribution in [0.15, 0.2) is 0 Å². The lowest BCUT2D eigenvalue weighted by Crippen LogP contribution is -2.19. The minimum atomic E-state index is -0.188. The third-order valence-corrected chi connectivity index (χ3v) is 3.17. The topological polar surface area (TPSA) is 46.5 Å². The van der Waals surface area contributed by atoms with Crippen LogP contribution in [-0.2, 0) is 9.53 Å². The first-order valence-corrected chi connectivity index (χ1v) is 5.04. The summed E-state index contributed by atoms with van der Waals surface area (Å²) in [6, 6.07) is 0. The Morgan fingerprint density at radius 3 is 2.85 bits per heavy atom. The van der Waals surface area contributed by atoms with E-state index in [9.17, 15) is 9.90 Å². The van der Waals surface area contributed by atoms with Crippen LogP contribution in [0, 0.1) is 11.8 Å². The summed E-state index contributed by atoms with van der Waals surface area (Å²) in [6.45, 7) is 1.46. The molecule has 0 spiro atoms. The highest BCUT2D eigenvalue weighted by atomic mass is 16.5. The Kier molecular flexibility index (Phi) is 2.28. The van der Waals surface area contributed by atoms with Gasteiger partial charge >= 0.3 is 5.97 Å². The molecule has 0 radical (unpaired) electrons. The average Bonchev–Trinajstić information content (AvgIpc) is 2.78. The predicted molar refractivity (Wildman–Crippen MR) is 47.0 cm³/mol. The summed E-state index contributed by atoms with van der Waals surface area (Å²) >= 11 is 0. The van der Waals surface area contributed by atoms with E-state index in [2.05, 4.69) is 0 Å². The molecule has 2 aliphatic rings. The lowest BCUT2D eigenvalue weighted by Gasteiger charge is -2.14. The number of fused-ring (bicyclic) bond motifs is 1. The van der Waals surface area contributed by atoms with Gasteiger partial charge < -0.3 is 9.84 Å². The van der Waals surface area contributed by atoms with Gasteiger partial charge in [-0.15, -0.1) is 0 Å². The second kappa shape index (κ2) is 3.29. The van der Waals surface area contributed by atoms with Crippen LogP contribution in [0.4, 0.5) is 0 Å². The highest BCUT2D eigenvalue weighted by Crippen LogP contribution is 2.49. The van der Waals surface area contributed by atoms with Gasteiger partial charge in [0, 0.05) is 12.8 Å². The molecule has 2 rings (SSSR count). The zero-order valence-electron chi connectivity index (χ0n) is 7.90. The maximum atomic E-state index is 10.8. The van der Waals surface area contributed by atoms with Gasteiger partial charge in [-0.2, -0.15) is 0 Å². The zero-order chi connectivity index (χ0) is 9.42. The van der Waals surface area contributed by atoms with Crippen LogP contribution in [0.25, 0.3) is 0 Å². The molecule has 2 aliphatic carbocycles. The SMILES string of the molecule is CC(=O)OC1CCCC(O)C2CC12. The molecule has 2 saturated carbocycles. The lowest BCUT2D eigenvalue weighted by molar-refractivity contribution is -0.147. The minimum absolute atomic E-state index is 0.0830. The standard InChI is InChI=1S/C10H16O3/c1-6(11)13-10-4-2-3-9(12)7-5-8(7)10/h7-10,12H,2-5H2,1H3. The summed E-state index contributed by atoms with van der Waals surface area (Å²) in [4.78, 5) is 10.8. The number of esters is 1. The first kappa shape index (κ1) is 9.00. The number of carbonyl (C=O) groups excluding carboxylic acids is 1. The van der Waals surface area contributed by atoms with E-state index in [1.807, 2.05) is 0 Å². The van der Waals surface area contributed by atoms with Crippen LogP contribution < -0.4 is 0 Å². The van der Waals surface area contributed by atoms with Gasteiger partial charge in [0.25, 0.3) is 0 Å². The van der Waals surface area contributed by atoms with E-state index in [-0.39, 0.29) is 18.2 Å². The quantitative estimate of drug-likeness (QED) is 0.621. The molecular weight excluding hydrogens is 168 g/mol. The summed E-state index contributed by atoms with van der Waals surface area (Å²) in [5, 5.41) is 9.61. The maximum absolute atomic E-state index is 10.8. The molecule has 13 heavy (non-hydrogen) atoms. The summed E-state index contributed by atoms with van der Waals surface area (Å²) in [6.07, 6.45) is 3.76. The summed E-state index contributed by atoms with van der Waals surface area (Å²) in [7, 11) is 0. The highest BCUT2D eigenvalue weighted by Gasteiger charge is 2.49. The second-order valence-corrected chi connectivity index (χ2v) is 4.21. The summed E-state index contributed by atoms with van der Waals surface area (Å²) in [5.41, 5.74) is 0. The molecule has 0 saturated heterocycles. The first-order valence-electron chi connectivity index (χ1n) is 5.04. The normalized spacial score (nSPS) is 43.2. The van der Waals surface area contributed by atoms with Gasteiger partial charge in [0.2, 0.25) is 0 Å². The Hall–Kier alpha value is -0.570. The highest BCUT2D eigenvalue weighted by molar-refractivity contribution is 5.66. The van der Waals surface area contributed by atoms with Crippen molar-refractivity contribution >= 4 is 5.97 Å². The molecule has 4 atom stereocenters. The molecular formula is C10H16O3. The number of aliphatic hydroxyl groups is 1. The van der Waals surface area contributed by atoms with Crippen molar-refractivity contribution in [3.63, 3.8) is 0 Å². The number of hydrogen-bond donors (Lipinski definition) is 1. The molecule has 3 heteroatoms. The van der Waals surface area contributed by atoms with Crippen LogP contribution in [0.2, 0.25) is 0 Å². The van der Waals surface area contributed by atoms with Crippen molar-refractivity contribution in [1.82, 2.24) is 0 Å². The van der Waals surface area contributed by atoms with E-state index in [0.29, 0.717) is 11.8 Å². The van der Waals surface area contributed by atoms with Crippen molar-refractivity contribution in [1.29, 1.82) is 0 Å². The van der Waals surface area contributed by atoms with Crippen LogP contribution in [0.3, 0.4) is 0 Å². The number of ether oxygens (including phenoxy) is 1. The van der Waals surface area contributed by atoms with Crippen LogP contribution in [0.5, 0.6) is 0 Å². The number of hydrogen-bond acceptors (Lipinski definition) is 3. The van der Waals surface area contributed by atoms with E-state index in [1.54, 1.807) is 0 Å². The number of carbonyl (C=O) groups is 1. The Labute approximate surface area is 78.1 Å². The van der Waals surface area contributed by atoms with Gasteiger partial charge in [0.15, 0.2) is 0 Å². The van der Waals surface area contributed by atoms with E-state index in [0.717, 1.165) is 25.7 Å². The van der Waals surface area contributed by atoms with E-state index in [4.69, 9.17) is 4.74 Å². The molecule has 0 amide bonds. The monoisotopic (exact) mass is 184 g/mol. The van der Waals surface area contributed by atoms with Crippen molar-refractivity contribution in [3.8, 4) is 0 Å². The average molecular weight is 184 g/mol. The third-order valence-electron chi connectivity index (χ3n) is 3.17. The molecule has 0 aromatic heterocycles. The summed E-state index contributed by atoms with van der Waals surface area (Å²) in [5.74, 6) is 0.667. The summed E-state index contributed by atoms with van der Waals surface area (Å²) < 4.78 is 5.22. The molecule has 2 fully saturated rings. The fourth-order valence-corrected chi connectivity index (χ4v) is 2.42. The molecule has 74 valence electrons. The number of rotatable bonds is 1. The molecule has 0 heterocycles. The van der Waals surface area contributed by atoms with Crippen LogP contribution in [-0.4, -0.2) is 23.3 Å². The zero-order valence-corrected chi connectivity index (χ0v) is 7.90. The molecule has 0 aliphatic heterocycles.